The molecule has 0 bridgehead atoms. The van der Waals surface area contributed by atoms with Gasteiger partial charge in [0.15, 0.2) is 5.69 Å². The Morgan fingerprint density at radius 2 is 2.27 bits per heavy atom. The first kappa shape index (κ1) is 13.4. The van der Waals surface area contributed by atoms with E-state index in [2.05, 4.69) is 14.7 Å². The maximum Gasteiger partial charge on any atom is 0.275 e. The fourth-order valence-corrected chi connectivity index (χ4v) is 3.80. The predicted molar refractivity (Wildman–Crippen MR) is 78.4 cm³/mol. The highest BCUT2D eigenvalue weighted by molar-refractivity contribution is 7.03. The van der Waals surface area contributed by atoms with E-state index in [4.69, 9.17) is 0 Å². The lowest BCUT2D eigenvalue weighted by atomic mass is 10.1. The van der Waals surface area contributed by atoms with Crippen LogP contribution in [0.15, 0.2) is 17.8 Å². The van der Waals surface area contributed by atoms with Crippen LogP contribution >= 0.6 is 11.5 Å². The summed E-state index contributed by atoms with van der Waals surface area (Å²) in [5.74, 6) is -0.0982. The molecule has 0 saturated carbocycles. The van der Waals surface area contributed by atoms with E-state index in [1.807, 2.05) is 13.2 Å². The van der Waals surface area contributed by atoms with Gasteiger partial charge in [0.25, 0.3) is 5.91 Å². The summed E-state index contributed by atoms with van der Waals surface area (Å²) in [5.41, 5.74) is 1.16. The van der Waals surface area contributed by atoms with E-state index >= 15 is 0 Å². The van der Waals surface area contributed by atoms with Gasteiger partial charge in [-0.15, -0.1) is 5.10 Å². The Bertz CT molecular complexity index is 727. The topological polar surface area (TPSA) is 84.2 Å². The summed E-state index contributed by atoms with van der Waals surface area (Å²) in [7, 11) is 1.82. The number of anilines is 1. The fourth-order valence-electron chi connectivity index (χ4n) is 3.37. The van der Waals surface area contributed by atoms with Crippen molar-refractivity contribution < 1.29 is 9.59 Å². The van der Waals surface area contributed by atoms with Crippen molar-refractivity contribution in [3.63, 3.8) is 0 Å². The van der Waals surface area contributed by atoms with Crippen molar-refractivity contribution in [3.8, 4) is 0 Å². The van der Waals surface area contributed by atoms with Crippen LogP contribution in [0, 0.1) is 0 Å². The van der Waals surface area contributed by atoms with Crippen LogP contribution in [0.25, 0.3) is 0 Å². The third-order valence-electron chi connectivity index (χ3n) is 4.30. The number of rotatable bonds is 2. The van der Waals surface area contributed by atoms with Gasteiger partial charge in [-0.05, 0) is 18.0 Å². The van der Waals surface area contributed by atoms with Crippen LogP contribution in [0.1, 0.15) is 23.3 Å². The molecule has 2 saturated heterocycles. The average molecular weight is 318 g/mol. The molecule has 9 heteroatoms. The molecule has 8 nitrogen and oxygen atoms in total. The maximum absolute atomic E-state index is 12.5. The Kier molecular flexibility index (Phi) is 2.96. The standard InChI is InChI=1S/C13H14N6O2S/c1-17-6-8(5-14-17)19-10-2-3-18(11(10)4-12(19)20)13(21)9-7-22-16-15-9/h5-7,10-11H,2-4H2,1H3. The highest BCUT2D eigenvalue weighted by Crippen LogP contribution is 2.36. The summed E-state index contributed by atoms with van der Waals surface area (Å²) in [5, 5.41) is 9.61. The number of carbonyl (C=O) groups excluding carboxylic acids is 2. The zero-order valence-electron chi connectivity index (χ0n) is 11.9. The van der Waals surface area contributed by atoms with Crippen molar-refractivity contribution >= 4 is 29.0 Å². The molecule has 2 aliphatic rings. The number of nitrogens with zero attached hydrogens (tertiary/aromatic N) is 6. The molecule has 22 heavy (non-hydrogen) atoms. The molecule has 2 aromatic heterocycles. The summed E-state index contributed by atoms with van der Waals surface area (Å²) < 4.78 is 5.41. The number of aromatic nitrogens is 4. The lowest BCUT2D eigenvalue weighted by Gasteiger charge is -2.24. The number of aryl methyl sites for hydroxylation is 1. The highest BCUT2D eigenvalue weighted by atomic mass is 32.1. The smallest absolute Gasteiger partial charge is 0.275 e. The SMILES string of the molecule is Cn1cc(N2C(=O)CC3C2CCN3C(=O)c2csnn2)cn1. The Morgan fingerprint density at radius 3 is 2.95 bits per heavy atom. The van der Waals surface area contributed by atoms with Crippen molar-refractivity contribution in [3.05, 3.63) is 23.5 Å². The number of fused-ring (bicyclic) bond motifs is 1. The minimum absolute atomic E-state index is 0.0206. The Balaban J connectivity index is 1.60. The number of amides is 2. The zero-order valence-corrected chi connectivity index (χ0v) is 12.7. The molecular formula is C13H14N6O2S. The van der Waals surface area contributed by atoms with E-state index in [1.54, 1.807) is 26.1 Å². The van der Waals surface area contributed by atoms with E-state index < -0.39 is 0 Å². The van der Waals surface area contributed by atoms with Crippen LogP contribution in [0.5, 0.6) is 0 Å². The van der Waals surface area contributed by atoms with Crippen LogP contribution in [0.3, 0.4) is 0 Å². The molecule has 0 N–H and O–H groups in total. The number of hydrogen-bond donors (Lipinski definition) is 0. The number of hydrogen-bond acceptors (Lipinski definition) is 6. The predicted octanol–water partition coefficient (Wildman–Crippen LogP) is 0.292. The van der Waals surface area contributed by atoms with E-state index in [1.165, 1.54) is 0 Å². The van der Waals surface area contributed by atoms with Gasteiger partial charge in [0.2, 0.25) is 5.91 Å². The van der Waals surface area contributed by atoms with Crippen LogP contribution in [-0.2, 0) is 11.8 Å². The first-order valence-electron chi connectivity index (χ1n) is 7.04. The van der Waals surface area contributed by atoms with Gasteiger partial charge in [-0.1, -0.05) is 4.49 Å². The van der Waals surface area contributed by atoms with Crippen molar-refractivity contribution in [1.82, 2.24) is 24.3 Å². The van der Waals surface area contributed by atoms with E-state index in [0.29, 0.717) is 18.7 Å². The van der Waals surface area contributed by atoms with Crippen LogP contribution in [0.4, 0.5) is 5.69 Å². The molecule has 2 fully saturated rings. The zero-order chi connectivity index (χ0) is 15.3. The lowest BCUT2D eigenvalue weighted by Crippen LogP contribution is -2.40. The summed E-state index contributed by atoms with van der Waals surface area (Å²) in [4.78, 5) is 28.4. The first-order valence-corrected chi connectivity index (χ1v) is 7.87. The quantitative estimate of drug-likeness (QED) is 0.795. The normalized spacial score (nSPS) is 24.1. The van der Waals surface area contributed by atoms with Gasteiger partial charge in [-0.2, -0.15) is 5.10 Å². The molecule has 114 valence electrons. The Morgan fingerprint density at radius 1 is 1.41 bits per heavy atom. The molecule has 0 aromatic carbocycles. The minimum Gasteiger partial charge on any atom is -0.332 e. The third kappa shape index (κ3) is 1.92. The van der Waals surface area contributed by atoms with E-state index in [0.717, 1.165) is 23.6 Å². The second kappa shape index (κ2) is 4.87. The molecule has 0 spiro atoms. The van der Waals surface area contributed by atoms with Gasteiger partial charge in [-0.25, -0.2) is 0 Å². The van der Waals surface area contributed by atoms with Gasteiger partial charge < -0.3 is 9.80 Å². The van der Waals surface area contributed by atoms with Gasteiger partial charge in [-0.3, -0.25) is 14.3 Å². The molecule has 0 radical (unpaired) electrons. The van der Waals surface area contributed by atoms with E-state index in [9.17, 15) is 9.59 Å². The summed E-state index contributed by atoms with van der Waals surface area (Å²) in [6, 6.07) is -0.0749. The van der Waals surface area contributed by atoms with Gasteiger partial charge in [0.1, 0.15) is 0 Å². The summed E-state index contributed by atoms with van der Waals surface area (Å²) in [6.07, 6.45) is 4.64. The van der Waals surface area contributed by atoms with Crippen molar-refractivity contribution in [2.75, 3.05) is 11.4 Å². The van der Waals surface area contributed by atoms with Crippen LogP contribution in [0.2, 0.25) is 0 Å². The molecule has 2 amide bonds. The average Bonchev–Trinajstić information content (AvgIpc) is 3.22. The second-order valence-electron chi connectivity index (χ2n) is 5.55. The van der Waals surface area contributed by atoms with Crippen molar-refractivity contribution in [1.29, 1.82) is 0 Å². The number of likely N-dealkylation sites (tertiary alicyclic amines) is 1. The molecular weight excluding hydrogens is 304 g/mol. The second-order valence-corrected chi connectivity index (χ2v) is 6.16. The monoisotopic (exact) mass is 318 g/mol. The largest absolute Gasteiger partial charge is 0.332 e. The van der Waals surface area contributed by atoms with Gasteiger partial charge in [0, 0.05) is 31.6 Å². The molecule has 2 unspecified atom stereocenters. The molecule has 2 aromatic rings. The van der Waals surface area contributed by atoms with Crippen LogP contribution in [-0.4, -0.2) is 54.7 Å². The molecule has 0 aliphatic carbocycles. The first-order chi connectivity index (χ1) is 10.6. The maximum atomic E-state index is 12.5. The molecule has 2 aliphatic heterocycles. The van der Waals surface area contributed by atoms with Crippen molar-refractivity contribution in [2.24, 2.45) is 7.05 Å². The summed E-state index contributed by atoms with van der Waals surface area (Å²) >= 11 is 1.16. The fraction of sp³-hybridized carbons (Fsp3) is 0.462. The van der Waals surface area contributed by atoms with Crippen LogP contribution < -0.4 is 4.90 Å². The van der Waals surface area contributed by atoms with Crippen molar-refractivity contribution in [2.45, 2.75) is 24.9 Å². The highest BCUT2D eigenvalue weighted by Gasteiger charge is 2.49. The number of carbonyl (C=O) groups is 2. The van der Waals surface area contributed by atoms with E-state index in [-0.39, 0.29) is 23.9 Å². The van der Waals surface area contributed by atoms with Gasteiger partial charge in [0.05, 0.1) is 24.0 Å². The Labute approximate surface area is 130 Å². The van der Waals surface area contributed by atoms with Gasteiger partial charge >= 0.3 is 0 Å². The molecule has 2 atom stereocenters. The minimum atomic E-state index is -0.137. The third-order valence-corrected chi connectivity index (χ3v) is 4.81. The summed E-state index contributed by atoms with van der Waals surface area (Å²) in [6.45, 7) is 0.635. The lowest BCUT2D eigenvalue weighted by molar-refractivity contribution is -0.117. The molecule has 4 heterocycles. The molecule has 4 rings (SSSR count). The Hall–Kier alpha value is -2.29.